The van der Waals surface area contributed by atoms with Crippen LogP contribution in [0.3, 0.4) is 0 Å². The van der Waals surface area contributed by atoms with Crippen molar-refractivity contribution in [3.8, 4) is 5.75 Å². The van der Waals surface area contributed by atoms with Gasteiger partial charge in [-0.15, -0.1) is 0 Å². The molecule has 0 saturated heterocycles. The summed E-state index contributed by atoms with van der Waals surface area (Å²) in [7, 11) is 1.60. The molecule has 0 aliphatic heterocycles. The monoisotopic (exact) mass is 432 g/mol. The van der Waals surface area contributed by atoms with E-state index in [1.807, 2.05) is 43.3 Å². The first-order valence-corrected chi connectivity index (χ1v) is 10.9. The first-order valence-electron chi connectivity index (χ1n) is 10.9. The van der Waals surface area contributed by atoms with Crippen molar-refractivity contribution in [1.29, 1.82) is 0 Å². The first kappa shape index (κ1) is 21.7. The molecule has 1 unspecified atom stereocenters. The van der Waals surface area contributed by atoms with Crippen molar-refractivity contribution in [2.75, 3.05) is 12.0 Å². The number of hydrogen-bond donors (Lipinski definition) is 1. The van der Waals surface area contributed by atoms with Gasteiger partial charge in [-0.1, -0.05) is 42.7 Å². The second-order valence-electron chi connectivity index (χ2n) is 8.15. The Hall–Kier alpha value is -3.54. The van der Waals surface area contributed by atoms with Crippen LogP contribution < -0.4 is 15.0 Å². The molecule has 32 heavy (non-hydrogen) atoms. The van der Waals surface area contributed by atoms with Gasteiger partial charge in [0.2, 0.25) is 5.91 Å². The fourth-order valence-corrected chi connectivity index (χ4v) is 4.16. The topological polar surface area (TPSA) is 71.8 Å². The quantitative estimate of drug-likeness (QED) is 0.568. The lowest BCUT2D eigenvalue weighted by Crippen LogP contribution is -2.46. The van der Waals surface area contributed by atoms with Gasteiger partial charge in [-0.25, -0.2) is 0 Å². The van der Waals surface area contributed by atoms with Crippen LogP contribution in [0.25, 0.3) is 0 Å². The number of carbonyl (C=O) groups excluding carboxylic acids is 2. The zero-order valence-electron chi connectivity index (χ0n) is 18.4. The predicted octanol–water partition coefficient (Wildman–Crippen LogP) is 5.04. The number of furan rings is 1. The molecule has 0 bridgehead atoms. The summed E-state index contributed by atoms with van der Waals surface area (Å²) >= 11 is 0. The molecule has 2 amide bonds. The van der Waals surface area contributed by atoms with Gasteiger partial charge >= 0.3 is 0 Å². The van der Waals surface area contributed by atoms with Crippen molar-refractivity contribution in [2.45, 2.75) is 44.7 Å². The highest BCUT2D eigenvalue weighted by atomic mass is 16.5. The summed E-state index contributed by atoms with van der Waals surface area (Å²) in [5.74, 6) is 0.282. The Balaban J connectivity index is 1.79. The van der Waals surface area contributed by atoms with Crippen molar-refractivity contribution >= 4 is 17.5 Å². The summed E-state index contributed by atoms with van der Waals surface area (Å²) in [4.78, 5) is 28.8. The van der Waals surface area contributed by atoms with Crippen molar-refractivity contribution in [3.05, 3.63) is 83.8 Å². The smallest absolute Gasteiger partial charge is 0.294 e. The average molecular weight is 433 g/mol. The molecule has 1 N–H and O–H groups in total. The van der Waals surface area contributed by atoms with Gasteiger partial charge in [0.05, 0.1) is 13.4 Å². The van der Waals surface area contributed by atoms with Crippen LogP contribution in [0, 0.1) is 6.92 Å². The Morgan fingerprint density at radius 3 is 2.31 bits per heavy atom. The van der Waals surface area contributed by atoms with E-state index in [1.54, 1.807) is 31.4 Å². The van der Waals surface area contributed by atoms with Gasteiger partial charge in [0.15, 0.2) is 5.76 Å². The van der Waals surface area contributed by atoms with Crippen LogP contribution in [0.15, 0.2) is 71.3 Å². The summed E-state index contributed by atoms with van der Waals surface area (Å²) in [5.41, 5.74) is 2.39. The van der Waals surface area contributed by atoms with Gasteiger partial charge in [-0.05, 0) is 61.7 Å². The normalized spacial score (nSPS) is 14.7. The lowest BCUT2D eigenvalue weighted by atomic mass is 10.0. The molecule has 2 aromatic carbocycles. The highest BCUT2D eigenvalue weighted by Crippen LogP contribution is 2.32. The van der Waals surface area contributed by atoms with E-state index in [-0.39, 0.29) is 23.6 Å². The van der Waals surface area contributed by atoms with Gasteiger partial charge in [0.25, 0.3) is 5.91 Å². The number of rotatable bonds is 7. The van der Waals surface area contributed by atoms with E-state index < -0.39 is 6.04 Å². The van der Waals surface area contributed by atoms with Gasteiger partial charge in [0, 0.05) is 11.7 Å². The SMILES string of the molecule is COc1ccc(C(C(=O)NC2CCCC2)N(C(=O)c2ccco2)c2ccc(C)cc2)cc1. The highest BCUT2D eigenvalue weighted by molar-refractivity contribution is 6.08. The van der Waals surface area contributed by atoms with Crippen LogP contribution in [0.1, 0.15) is 53.4 Å². The Morgan fingerprint density at radius 1 is 1.03 bits per heavy atom. The van der Waals surface area contributed by atoms with Crippen molar-refractivity contribution in [3.63, 3.8) is 0 Å². The number of ether oxygens (including phenoxy) is 1. The number of benzene rings is 2. The van der Waals surface area contributed by atoms with E-state index in [0.717, 1.165) is 31.2 Å². The molecule has 1 aliphatic rings. The van der Waals surface area contributed by atoms with Crippen molar-refractivity contribution in [2.24, 2.45) is 0 Å². The largest absolute Gasteiger partial charge is 0.497 e. The van der Waals surface area contributed by atoms with E-state index in [4.69, 9.17) is 9.15 Å². The number of nitrogens with one attached hydrogen (secondary N) is 1. The third kappa shape index (κ3) is 4.69. The molecule has 1 heterocycles. The number of anilines is 1. The molecule has 1 aliphatic carbocycles. The molecule has 4 rings (SSSR count). The average Bonchev–Trinajstić information content (AvgIpc) is 3.52. The number of amides is 2. The number of methoxy groups -OCH3 is 1. The van der Waals surface area contributed by atoms with E-state index in [2.05, 4.69) is 5.32 Å². The number of aryl methyl sites for hydroxylation is 1. The van der Waals surface area contributed by atoms with Gasteiger partial charge in [-0.3, -0.25) is 14.5 Å². The lowest BCUT2D eigenvalue weighted by Gasteiger charge is -2.32. The molecule has 166 valence electrons. The molecule has 6 nitrogen and oxygen atoms in total. The second kappa shape index (κ2) is 9.73. The fraction of sp³-hybridized carbons (Fsp3) is 0.308. The Bertz CT molecular complexity index is 1040. The van der Waals surface area contributed by atoms with Gasteiger partial charge < -0.3 is 14.5 Å². The molecular formula is C26H28N2O4. The van der Waals surface area contributed by atoms with E-state index >= 15 is 0 Å². The van der Waals surface area contributed by atoms with Crippen LogP contribution in [0.2, 0.25) is 0 Å². The maximum absolute atomic E-state index is 13.6. The lowest BCUT2D eigenvalue weighted by molar-refractivity contribution is -0.123. The summed E-state index contributed by atoms with van der Waals surface area (Å²) in [5, 5.41) is 3.17. The molecule has 1 saturated carbocycles. The Morgan fingerprint density at radius 2 is 1.72 bits per heavy atom. The van der Waals surface area contributed by atoms with E-state index in [1.165, 1.54) is 11.2 Å². The minimum absolute atomic E-state index is 0.127. The van der Waals surface area contributed by atoms with Crippen molar-refractivity contribution < 1.29 is 18.7 Å². The number of hydrogen-bond acceptors (Lipinski definition) is 4. The minimum Gasteiger partial charge on any atom is -0.497 e. The molecule has 6 heteroatoms. The van der Waals surface area contributed by atoms with Crippen LogP contribution in [-0.4, -0.2) is 25.0 Å². The standard InChI is InChI=1S/C26H28N2O4/c1-18-9-13-21(14-10-18)28(26(30)23-8-5-17-32-23)24(19-11-15-22(31-2)16-12-19)25(29)27-20-6-3-4-7-20/h5,8-17,20,24H,3-4,6-7H2,1-2H3,(H,27,29). The van der Waals surface area contributed by atoms with E-state index in [0.29, 0.717) is 17.0 Å². The molecule has 1 atom stereocenters. The second-order valence-corrected chi connectivity index (χ2v) is 8.15. The minimum atomic E-state index is -0.859. The molecule has 3 aromatic rings. The third-order valence-electron chi connectivity index (χ3n) is 5.90. The first-order chi connectivity index (χ1) is 15.6. The zero-order chi connectivity index (χ0) is 22.5. The van der Waals surface area contributed by atoms with Crippen LogP contribution in [-0.2, 0) is 4.79 Å². The molecule has 0 radical (unpaired) electrons. The maximum atomic E-state index is 13.6. The van der Waals surface area contributed by atoms with Crippen LogP contribution >= 0.6 is 0 Å². The summed E-state index contributed by atoms with van der Waals surface area (Å²) < 4.78 is 10.7. The summed E-state index contributed by atoms with van der Waals surface area (Å²) in [6, 6.07) is 17.4. The van der Waals surface area contributed by atoms with E-state index in [9.17, 15) is 9.59 Å². The highest BCUT2D eigenvalue weighted by Gasteiger charge is 2.35. The Labute approximate surface area is 188 Å². The molecular weight excluding hydrogens is 404 g/mol. The molecule has 0 spiro atoms. The van der Waals surface area contributed by atoms with Gasteiger partial charge in [0.1, 0.15) is 11.8 Å². The summed E-state index contributed by atoms with van der Waals surface area (Å²) in [6.07, 6.45) is 5.58. The van der Waals surface area contributed by atoms with Crippen LogP contribution in [0.5, 0.6) is 5.75 Å². The third-order valence-corrected chi connectivity index (χ3v) is 5.90. The van der Waals surface area contributed by atoms with Crippen molar-refractivity contribution in [1.82, 2.24) is 5.32 Å². The zero-order valence-corrected chi connectivity index (χ0v) is 18.4. The Kier molecular flexibility index (Phi) is 6.59. The van der Waals surface area contributed by atoms with Crippen LogP contribution in [0.4, 0.5) is 5.69 Å². The van der Waals surface area contributed by atoms with Gasteiger partial charge in [-0.2, -0.15) is 0 Å². The number of carbonyl (C=O) groups is 2. The molecule has 1 aromatic heterocycles. The number of nitrogens with zero attached hydrogens (tertiary/aromatic N) is 1. The predicted molar refractivity (Wildman–Crippen MR) is 123 cm³/mol. The summed E-state index contributed by atoms with van der Waals surface area (Å²) in [6.45, 7) is 1.98. The maximum Gasteiger partial charge on any atom is 0.294 e. The molecule has 1 fully saturated rings. The fourth-order valence-electron chi connectivity index (χ4n) is 4.16.